The number of sulfonamides is 2. The minimum absolute atomic E-state index is 0.0605. The number of aromatic nitrogens is 2. The van der Waals surface area contributed by atoms with Crippen molar-refractivity contribution in [3.63, 3.8) is 0 Å². The molecule has 0 aliphatic carbocycles. The van der Waals surface area contributed by atoms with Gasteiger partial charge in [0.1, 0.15) is 22.7 Å². The van der Waals surface area contributed by atoms with Gasteiger partial charge in [0.25, 0.3) is 11.8 Å². The number of para-hydroxylation sites is 1. The Balaban J connectivity index is 0.000000295. The fourth-order valence-corrected chi connectivity index (χ4v) is 6.52. The van der Waals surface area contributed by atoms with E-state index in [1.165, 1.54) is 12.1 Å². The standard InChI is InChI=1S/C18H14ClF3N4O3S.C10H11F3N2O3S/c1-2-6-30(28,29)26-12-7-11(20)13(21)16(14(12)22)25-18(27)10-5-3-4-9-15(10)23-8-24-17(9)19;1-2-3-19(17,18)15-6-4-5(11)8(12)7(9(6)13)10(14)16/h3-5,7-8,26H,2,6H2,1H3,(H,25,27);4,15H,2-3H2,1H3,(H2,14,16). The zero-order valence-corrected chi connectivity index (χ0v) is 27.6. The van der Waals surface area contributed by atoms with Gasteiger partial charge in [-0.25, -0.2) is 53.1 Å². The zero-order valence-electron chi connectivity index (χ0n) is 25.2. The molecule has 0 saturated carbocycles. The van der Waals surface area contributed by atoms with E-state index >= 15 is 0 Å². The number of primary amides is 1. The SMILES string of the molecule is CCCS(=O)(=O)Nc1cc(F)c(F)c(C(N)=O)c1F.CCCS(=O)(=O)Nc1cc(F)c(F)c(NC(=O)c2cccc3c(Cl)ncnc23)c1F. The number of benzene rings is 3. The second-order valence-electron chi connectivity index (χ2n) is 9.84. The molecule has 4 aromatic rings. The van der Waals surface area contributed by atoms with Crippen molar-refractivity contribution in [3.05, 3.63) is 87.8 Å². The number of nitrogens with two attached hydrogens (primary N) is 1. The molecular formula is C28H25ClF6N6O6S2. The summed E-state index contributed by atoms with van der Waals surface area (Å²) in [7, 11) is -7.90. The van der Waals surface area contributed by atoms with Crippen molar-refractivity contribution < 1.29 is 52.8 Å². The summed E-state index contributed by atoms with van der Waals surface area (Å²) >= 11 is 5.96. The van der Waals surface area contributed by atoms with E-state index < -0.39 is 89.4 Å². The van der Waals surface area contributed by atoms with Crippen molar-refractivity contribution in [3.8, 4) is 0 Å². The molecule has 0 saturated heterocycles. The molecule has 2 amide bonds. The Morgan fingerprint density at radius 3 is 1.86 bits per heavy atom. The molecule has 0 atom stereocenters. The van der Waals surface area contributed by atoms with Gasteiger partial charge in [0.15, 0.2) is 34.9 Å². The maximum absolute atomic E-state index is 14.7. The molecule has 0 spiro atoms. The fraction of sp³-hybridized carbons (Fsp3) is 0.214. The molecule has 0 aliphatic rings. The van der Waals surface area contributed by atoms with Gasteiger partial charge in [-0.15, -0.1) is 0 Å². The number of carbonyl (C=O) groups excluding carboxylic acids is 2. The first-order valence-electron chi connectivity index (χ1n) is 13.7. The summed E-state index contributed by atoms with van der Waals surface area (Å²) in [6.07, 6.45) is 1.56. The van der Waals surface area contributed by atoms with Gasteiger partial charge in [0.05, 0.1) is 34.0 Å². The summed E-state index contributed by atoms with van der Waals surface area (Å²) in [5.74, 6) is -12.8. The van der Waals surface area contributed by atoms with Crippen molar-refractivity contribution in [2.45, 2.75) is 26.7 Å². The lowest BCUT2D eigenvalue weighted by molar-refractivity contribution is 0.0989. The van der Waals surface area contributed by atoms with E-state index in [4.69, 9.17) is 17.3 Å². The van der Waals surface area contributed by atoms with Crippen molar-refractivity contribution in [2.24, 2.45) is 5.73 Å². The van der Waals surface area contributed by atoms with Gasteiger partial charge in [-0.1, -0.05) is 31.5 Å². The maximum Gasteiger partial charge on any atom is 0.258 e. The van der Waals surface area contributed by atoms with Gasteiger partial charge < -0.3 is 11.1 Å². The lowest BCUT2D eigenvalue weighted by Gasteiger charge is -2.14. The largest absolute Gasteiger partial charge is 0.365 e. The second kappa shape index (κ2) is 15.7. The number of rotatable bonds is 11. The zero-order chi connectivity index (χ0) is 36.8. The molecule has 0 radical (unpaired) electrons. The molecule has 4 rings (SSSR count). The number of anilines is 3. The van der Waals surface area contributed by atoms with Crippen LogP contribution in [0.3, 0.4) is 0 Å². The highest BCUT2D eigenvalue weighted by Gasteiger charge is 2.26. The lowest BCUT2D eigenvalue weighted by atomic mass is 10.1. The van der Waals surface area contributed by atoms with Crippen LogP contribution in [-0.4, -0.2) is 50.1 Å². The van der Waals surface area contributed by atoms with Crippen LogP contribution in [0.1, 0.15) is 47.4 Å². The second-order valence-corrected chi connectivity index (χ2v) is 13.9. The van der Waals surface area contributed by atoms with Crippen molar-refractivity contribution in [1.82, 2.24) is 9.97 Å². The van der Waals surface area contributed by atoms with Crippen molar-refractivity contribution >= 4 is 71.4 Å². The number of nitrogens with one attached hydrogen (secondary N) is 3. The van der Waals surface area contributed by atoms with Crippen molar-refractivity contribution in [2.75, 3.05) is 26.3 Å². The van der Waals surface area contributed by atoms with E-state index in [0.29, 0.717) is 17.5 Å². The molecule has 49 heavy (non-hydrogen) atoms. The van der Waals surface area contributed by atoms with Gasteiger partial charge in [-0.2, -0.15) is 0 Å². The van der Waals surface area contributed by atoms with Crippen LogP contribution in [0, 0.1) is 34.9 Å². The van der Waals surface area contributed by atoms with E-state index in [2.05, 4.69) is 9.97 Å². The van der Waals surface area contributed by atoms with E-state index in [1.807, 2.05) is 10.0 Å². The monoisotopic (exact) mass is 754 g/mol. The van der Waals surface area contributed by atoms with Crippen LogP contribution in [0.15, 0.2) is 36.7 Å². The molecule has 0 fully saturated rings. The quantitative estimate of drug-likeness (QED) is 0.0882. The highest BCUT2D eigenvalue weighted by atomic mass is 35.5. The van der Waals surface area contributed by atoms with Crippen molar-refractivity contribution in [1.29, 1.82) is 0 Å². The van der Waals surface area contributed by atoms with Crippen LogP contribution in [0.5, 0.6) is 0 Å². The van der Waals surface area contributed by atoms with E-state index in [9.17, 15) is 52.8 Å². The predicted molar refractivity (Wildman–Crippen MR) is 169 cm³/mol. The topological polar surface area (TPSA) is 190 Å². The molecule has 21 heteroatoms. The Morgan fingerprint density at radius 1 is 0.796 bits per heavy atom. The van der Waals surface area contributed by atoms with Crippen LogP contribution in [0.25, 0.3) is 10.9 Å². The molecule has 0 bridgehead atoms. The average Bonchev–Trinajstić information content (AvgIpc) is 3.00. The minimum Gasteiger partial charge on any atom is -0.365 e. The summed E-state index contributed by atoms with van der Waals surface area (Å²) in [6, 6.07) is 4.98. The Morgan fingerprint density at radius 2 is 1.33 bits per heavy atom. The first-order valence-corrected chi connectivity index (χ1v) is 17.4. The smallest absolute Gasteiger partial charge is 0.258 e. The van der Waals surface area contributed by atoms with Crippen LogP contribution in [-0.2, 0) is 20.0 Å². The summed E-state index contributed by atoms with van der Waals surface area (Å²) in [4.78, 5) is 31.2. The van der Waals surface area contributed by atoms with Gasteiger partial charge in [-0.05, 0) is 25.0 Å². The highest BCUT2D eigenvalue weighted by molar-refractivity contribution is 7.92. The third-order valence-corrected chi connectivity index (χ3v) is 9.39. The van der Waals surface area contributed by atoms with Gasteiger partial charge >= 0.3 is 0 Å². The summed E-state index contributed by atoms with van der Waals surface area (Å²) < 4.78 is 133. The number of hydrogen-bond acceptors (Lipinski definition) is 8. The Bertz CT molecular complexity index is 2160. The van der Waals surface area contributed by atoms with E-state index in [0.717, 1.165) is 6.33 Å². The third kappa shape index (κ3) is 9.27. The van der Waals surface area contributed by atoms with Gasteiger partial charge in [0.2, 0.25) is 20.0 Å². The molecule has 0 aliphatic heterocycles. The number of halogens is 7. The summed E-state index contributed by atoms with van der Waals surface area (Å²) in [5.41, 5.74) is 0.552. The summed E-state index contributed by atoms with van der Waals surface area (Å²) in [5, 5.41) is 2.32. The Labute approximate surface area is 280 Å². The normalized spacial score (nSPS) is 11.4. The van der Waals surface area contributed by atoms with Crippen LogP contribution < -0.4 is 20.5 Å². The summed E-state index contributed by atoms with van der Waals surface area (Å²) in [6.45, 7) is 3.14. The molecule has 0 unspecified atom stereocenters. The number of fused-ring (bicyclic) bond motifs is 1. The first-order chi connectivity index (χ1) is 22.8. The van der Waals surface area contributed by atoms with Crippen LogP contribution in [0.2, 0.25) is 5.15 Å². The van der Waals surface area contributed by atoms with E-state index in [-0.39, 0.29) is 40.6 Å². The number of amides is 2. The Kier molecular flexibility index (Phi) is 12.4. The number of nitrogens with zero attached hydrogens (tertiary/aromatic N) is 2. The Hall–Kier alpha value is -4.69. The fourth-order valence-electron chi connectivity index (χ4n) is 4.08. The molecule has 1 aromatic heterocycles. The van der Waals surface area contributed by atoms with Crippen LogP contribution >= 0.6 is 11.6 Å². The first kappa shape index (κ1) is 38.8. The molecule has 12 nitrogen and oxygen atoms in total. The number of hydrogen-bond donors (Lipinski definition) is 4. The molecule has 5 N–H and O–H groups in total. The van der Waals surface area contributed by atoms with Crippen LogP contribution in [0.4, 0.5) is 43.4 Å². The van der Waals surface area contributed by atoms with Gasteiger partial charge in [-0.3, -0.25) is 19.0 Å². The lowest BCUT2D eigenvalue weighted by Crippen LogP contribution is -2.21. The molecular weight excluding hydrogens is 730 g/mol. The molecule has 1 heterocycles. The predicted octanol–water partition coefficient (Wildman–Crippen LogP) is 5.46. The maximum atomic E-state index is 14.7. The van der Waals surface area contributed by atoms with Gasteiger partial charge in [0, 0.05) is 17.5 Å². The third-order valence-electron chi connectivity index (χ3n) is 6.13. The minimum atomic E-state index is -3.99. The average molecular weight is 755 g/mol. The molecule has 3 aromatic carbocycles. The number of carbonyl (C=O) groups is 2. The highest BCUT2D eigenvalue weighted by Crippen LogP contribution is 2.31. The van der Waals surface area contributed by atoms with E-state index in [1.54, 1.807) is 24.6 Å². The molecule has 264 valence electrons.